The number of likely N-dealkylation sites (N-methyl/N-ethyl adjacent to an activating group) is 1. The predicted octanol–water partition coefficient (Wildman–Crippen LogP) is 2.74. The number of hydrogen-bond acceptors (Lipinski definition) is 6. The Kier molecular flexibility index (Phi) is 5.48. The van der Waals surface area contributed by atoms with Crippen molar-refractivity contribution in [3.63, 3.8) is 0 Å². The fourth-order valence-electron chi connectivity index (χ4n) is 2.93. The topological polar surface area (TPSA) is 63.4 Å². The molecule has 1 aliphatic heterocycles. The van der Waals surface area contributed by atoms with E-state index in [9.17, 15) is 0 Å². The summed E-state index contributed by atoms with van der Waals surface area (Å²) in [6.45, 7) is 7.50. The summed E-state index contributed by atoms with van der Waals surface area (Å²) in [7, 11) is 2.08. The maximum absolute atomic E-state index is 5.95. The Morgan fingerprint density at radius 2 is 2.25 bits per heavy atom. The van der Waals surface area contributed by atoms with Crippen molar-refractivity contribution in [2.75, 3.05) is 26.7 Å². The summed E-state index contributed by atoms with van der Waals surface area (Å²) >= 11 is 0. The fourth-order valence-corrected chi connectivity index (χ4v) is 2.93. The van der Waals surface area contributed by atoms with Crippen LogP contribution in [0.3, 0.4) is 0 Å². The van der Waals surface area contributed by atoms with Crippen molar-refractivity contribution in [3.05, 3.63) is 41.5 Å². The van der Waals surface area contributed by atoms with Crippen molar-refractivity contribution >= 4 is 0 Å². The fraction of sp³-hybridized carbons (Fsp3) is 0.556. The number of nitrogens with one attached hydrogen (secondary N) is 1. The Balaban J connectivity index is 1.66. The number of benzene rings is 1. The van der Waals surface area contributed by atoms with E-state index in [1.165, 1.54) is 5.56 Å². The van der Waals surface area contributed by atoms with Crippen LogP contribution in [0.25, 0.3) is 0 Å². The number of piperazine rings is 1. The van der Waals surface area contributed by atoms with Crippen LogP contribution in [0.5, 0.6) is 5.75 Å². The number of hydrogen-bond donors (Lipinski definition) is 1. The van der Waals surface area contributed by atoms with E-state index in [-0.39, 0.29) is 6.04 Å². The number of rotatable bonds is 6. The lowest BCUT2D eigenvalue weighted by molar-refractivity contribution is 0.189. The van der Waals surface area contributed by atoms with Gasteiger partial charge in [-0.3, -0.25) is 4.90 Å². The van der Waals surface area contributed by atoms with Gasteiger partial charge in [-0.2, -0.15) is 4.98 Å². The summed E-state index contributed by atoms with van der Waals surface area (Å²) in [6, 6.07) is 8.31. The van der Waals surface area contributed by atoms with Crippen LogP contribution < -0.4 is 10.1 Å². The molecule has 2 atom stereocenters. The van der Waals surface area contributed by atoms with Crippen LogP contribution in [-0.2, 0) is 6.61 Å². The lowest BCUT2D eigenvalue weighted by atomic mass is 9.98. The van der Waals surface area contributed by atoms with Gasteiger partial charge in [0.1, 0.15) is 5.75 Å². The SMILES string of the molecule is CCC(C)c1ccccc1OCc1nc(C2CNCCN2C)no1. The lowest BCUT2D eigenvalue weighted by Crippen LogP contribution is -2.44. The van der Waals surface area contributed by atoms with Gasteiger partial charge in [0, 0.05) is 19.6 Å². The Hall–Kier alpha value is -1.92. The normalized spacial score (nSPS) is 20.0. The van der Waals surface area contributed by atoms with E-state index >= 15 is 0 Å². The first-order valence-corrected chi connectivity index (χ1v) is 8.64. The van der Waals surface area contributed by atoms with Crippen molar-refractivity contribution in [2.45, 2.75) is 38.8 Å². The molecule has 0 aliphatic carbocycles. The van der Waals surface area contributed by atoms with E-state index < -0.39 is 0 Å². The second-order valence-corrected chi connectivity index (χ2v) is 6.38. The van der Waals surface area contributed by atoms with Gasteiger partial charge in [-0.25, -0.2) is 0 Å². The molecule has 1 aromatic carbocycles. The minimum Gasteiger partial charge on any atom is -0.483 e. The number of nitrogens with zero attached hydrogens (tertiary/aromatic N) is 3. The Bertz CT molecular complexity index is 658. The minimum atomic E-state index is 0.156. The molecule has 6 heteroatoms. The van der Waals surface area contributed by atoms with E-state index in [1.807, 2.05) is 18.2 Å². The monoisotopic (exact) mass is 330 g/mol. The van der Waals surface area contributed by atoms with E-state index in [0.29, 0.717) is 18.4 Å². The standard InChI is InChI=1S/C18H26N4O2/c1-4-13(2)14-7-5-6-8-16(14)23-12-17-20-18(21-24-17)15-11-19-9-10-22(15)3/h5-8,13,15,19H,4,9-12H2,1-3H3. The van der Waals surface area contributed by atoms with Gasteiger partial charge in [0.25, 0.3) is 5.89 Å². The third-order valence-electron chi connectivity index (χ3n) is 4.71. The molecule has 0 bridgehead atoms. The summed E-state index contributed by atoms with van der Waals surface area (Å²) in [5.41, 5.74) is 1.22. The third-order valence-corrected chi connectivity index (χ3v) is 4.71. The Labute approximate surface area is 143 Å². The summed E-state index contributed by atoms with van der Waals surface area (Å²) < 4.78 is 11.3. The van der Waals surface area contributed by atoms with E-state index in [1.54, 1.807) is 0 Å². The molecule has 1 aromatic heterocycles. The molecule has 1 saturated heterocycles. The first kappa shape index (κ1) is 16.9. The molecule has 1 N–H and O–H groups in total. The molecule has 0 saturated carbocycles. The van der Waals surface area contributed by atoms with Gasteiger partial charge in [0.2, 0.25) is 0 Å². The van der Waals surface area contributed by atoms with Crippen LogP contribution in [0.15, 0.2) is 28.8 Å². The zero-order valence-electron chi connectivity index (χ0n) is 14.7. The molecular weight excluding hydrogens is 304 g/mol. The molecule has 1 fully saturated rings. The minimum absolute atomic E-state index is 0.156. The average molecular weight is 330 g/mol. The Morgan fingerprint density at radius 3 is 3.04 bits per heavy atom. The van der Waals surface area contributed by atoms with E-state index in [4.69, 9.17) is 9.26 Å². The zero-order valence-corrected chi connectivity index (χ0v) is 14.7. The largest absolute Gasteiger partial charge is 0.483 e. The first-order valence-electron chi connectivity index (χ1n) is 8.64. The van der Waals surface area contributed by atoms with Gasteiger partial charge in [0.05, 0.1) is 6.04 Å². The summed E-state index contributed by atoms with van der Waals surface area (Å²) in [5, 5.41) is 7.49. The average Bonchev–Trinajstić information content (AvgIpc) is 3.08. The molecular formula is C18H26N4O2. The number of aromatic nitrogens is 2. The van der Waals surface area contributed by atoms with Gasteiger partial charge in [-0.05, 0) is 31.0 Å². The molecule has 0 radical (unpaired) electrons. The quantitative estimate of drug-likeness (QED) is 0.879. The van der Waals surface area contributed by atoms with Gasteiger partial charge >= 0.3 is 0 Å². The van der Waals surface area contributed by atoms with Crippen LogP contribution in [0, 0.1) is 0 Å². The second-order valence-electron chi connectivity index (χ2n) is 6.38. The molecule has 0 spiro atoms. The van der Waals surface area contributed by atoms with Crippen molar-refractivity contribution < 1.29 is 9.26 Å². The smallest absolute Gasteiger partial charge is 0.264 e. The molecule has 2 aromatic rings. The van der Waals surface area contributed by atoms with Crippen LogP contribution in [0.4, 0.5) is 0 Å². The van der Waals surface area contributed by atoms with Crippen LogP contribution in [0.2, 0.25) is 0 Å². The molecule has 2 unspecified atom stereocenters. The maximum atomic E-state index is 5.95. The predicted molar refractivity (Wildman–Crippen MR) is 92.0 cm³/mol. The van der Waals surface area contributed by atoms with Crippen LogP contribution in [0.1, 0.15) is 49.5 Å². The highest BCUT2D eigenvalue weighted by Crippen LogP contribution is 2.29. The van der Waals surface area contributed by atoms with Crippen molar-refractivity contribution in [3.8, 4) is 5.75 Å². The van der Waals surface area contributed by atoms with E-state index in [2.05, 4.69) is 47.3 Å². The van der Waals surface area contributed by atoms with Crippen molar-refractivity contribution in [1.82, 2.24) is 20.4 Å². The van der Waals surface area contributed by atoms with Crippen LogP contribution in [-0.4, -0.2) is 41.7 Å². The molecule has 3 rings (SSSR count). The molecule has 2 heterocycles. The van der Waals surface area contributed by atoms with Crippen LogP contribution >= 0.6 is 0 Å². The molecule has 24 heavy (non-hydrogen) atoms. The van der Waals surface area contributed by atoms with Gasteiger partial charge in [0.15, 0.2) is 12.4 Å². The highest BCUT2D eigenvalue weighted by atomic mass is 16.5. The second kappa shape index (κ2) is 7.77. The number of para-hydroxylation sites is 1. The maximum Gasteiger partial charge on any atom is 0.264 e. The lowest BCUT2D eigenvalue weighted by Gasteiger charge is -2.30. The highest BCUT2D eigenvalue weighted by molar-refractivity contribution is 5.35. The van der Waals surface area contributed by atoms with Gasteiger partial charge < -0.3 is 14.6 Å². The number of ether oxygens (including phenoxy) is 1. The van der Waals surface area contributed by atoms with E-state index in [0.717, 1.165) is 37.6 Å². The highest BCUT2D eigenvalue weighted by Gasteiger charge is 2.25. The molecule has 6 nitrogen and oxygen atoms in total. The van der Waals surface area contributed by atoms with Gasteiger partial charge in [-0.1, -0.05) is 37.2 Å². The molecule has 130 valence electrons. The van der Waals surface area contributed by atoms with Crippen molar-refractivity contribution in [2.24, 2.45) is 0 Å². The van der Waals surface area contributed by atoms with Gasteiger partial charge in [-0.15, -0.1) is 0 Å². The summed E-state index contributed by atoms with van der Waals surface area (Å²) in [5.74, 6) is 2.59. The Morgan fingerprint density at radius 1 is 1.42 bits per heavy atom. The molecule has 0 amide bonds. The molecule has 1 aliphatic rings. The van der Waals surface area contributed by atoms with Crippen molar-refractivity contribution in [1.29, 1.82) is 0 Å². The summed E-state index contributed by atoms with van der Waals surface area (Å²) in [6.07, 6.45) is 1.08. The third kappa shape index (κ3) is 3.76. The zero-order chi connectivity index (χ0) is 16.9. The first-order chi connectivity index (χ1) is 11.7. The summed E-state index contributed by atoms with van der Waals surface area (Å²) in [4.78, 5) is 6.75.